The lowest BCUT2D eigenvalue weighted by molar-refractivity contribution is 0.0952. The van der Waals surface area contributed by atoms with E-state index < -0.39 is 0 Å². The summed E-state index contributed by atoms with van der Waals surface area (Å²) in [5, 5.41) is 3.66. The molecule has 72 valence electrons. The highest BCUT2D eigenvalue weighted by Crippen LogP contribution is 2.16. The highest BCUT2D eigenvalue weighted by atomic mass is 79.9. The Morgan fingerprint density at radius 3 is 2.92 bits per heavy atom. The fourth-order valence-electron chi connectivity index (χ4n) is 0.820. The molecule has 0 aliphatic carbocycles. The van der Waals surface area contributed by atoms with E-state index in [1.54, 1.807) is 6.07 Å². The SMILES string of the molecule is O=C(NCCCBr)c1ccoc1Br. The predicted molar refractivity (Wildman–Crippen MR) is 57.2 cm³/mol. The minimum absolute atomic E-state index is 0.110. The summed E-state index contributed by atoms with van der Waals surface area (Å²) in [6.45, 7) is 0.668. The van der Waals surface area contributed by atoms with Crippen molar-refractivity contribution in [3.05, 3.63) is 22.6 Å². The Morgan fingerprint density at radius 1 is 1.62 bits per heavy atom. The molecule has 3 nitrogen and oxygen atoms in total. The number of hydrogen-bond acceptors (Lipinski definition) is 2. The van der Waals surface area contributed by atoms with Gasteiger partial charge in [0.2, 0.25) is 0 Å². The zero-order valence-corrected chi connectivity index (χ0v) is 10.0. The number of halogens is 2. The molecule has 0 spiro atoms. The highest BCUT2D eigenvalue weighted by Gasteiger charge is 2.10. The van der Waals surface area contributed by atoms with Gasteiger partial charge in [-0.25, -0.2) is 0 Å². The third-order valence-electron chi connectivity index (χ3n) is 1.46. The van der Waals surface area contributed by atoms with Crippen molar-refractivity contribution in [3.8, 4) is 0 Å². The van der Waals surface area contributed by atoms with E-state index >= 15 is 0 Å². The van der Waals surface area contributed by atoms with Gasteiger partial charge in [-0.05, 0) is 28.4 Å². The van der Waals surface area contributed by atoms with Crippen molar-refractivity contribution in [2.45, 2.75) is 6.42 Å². The standard InChI is InChI=1S/C8H9Br2NO2/c9-3-1-4-11-8(12)6-2-5-13-7(6)10/h2,5H,1,3-4H2,(H,11,12). The number of furan rings is 1. The maximum Gasteiger partial charge on any atom is 0.255 e. The summed E-state index contributed by atoms with van der Waals surface area (Å²) in [5.41, 5.74) is 0.537. The van der Waals surface area contributed by atoms with Crippen molar-refractivity contribution in [2.24, 2.45) is 0 Å². The molecule has 0 saturated carbocycles. The molecule has 0 bridgehead atoms. The van der Waals surface area contributed by atoms with E-state index in [2.05, 4.69) is 37.2 Å². The smallest absolute Gasteiger partial charge is 0.255 e. The first kappa shape index (κ1) is 10.8. The lowest BCUT2D eigenvalue weighted by Gasteiger charge is -2.01. The molecule has 1 heterocycles. The van der Waals surface area contributed by atoms with Crippen LogP contribution in [0, 0.1) is 0 Å². The van der Waals surface area contributed by atoms with Crippen LogP contribution in [-0.4, -0.2) is 17.8 Å². The molecule has 5 heteroatoms. The van der Waals surface area contributed by atoms with Gasteiger partial charge in [0.05, 0.1) is 11.8 Å². The van der Waals surface area contributed by atoms with E-state index in [0.29, 0.717) is 16.8 Å². The van der Waals surface area contributed by atoms with Crippen LogP contribution in [0.2, 0.25) is 0 Å². The van der Waals surface area contributed by atoms with Gasteiger partial charge in [0, 0.05) is 11.9 Å². The number of carbonyl (C=O) groups excluding carboxylic acids is 1. The van der Waals surface area contributed by atoms with Crippen molar-refractivity contribution >= 4 is 37.8 Å². The summed E-state index contributed by atoms with van der Waals surface area (Å²) >= 11 is 6.42. The van der Waals surface area contributed by atoms with Crippen LogP contribution in [0.25, 0.3) is 0 Å². The molecule has 0 radical (unpaired) electrons. The number of amides is 1. The molecular weight excluding hydrogens is 302 g/mol. The molecule has 0 unspecified atom stereocenters. The Labute approximate surface area is 93.1 Å². The zero-order valence-electron chi connectivity index (χ0n) is 6.85. The molecule has 0 fully saturated rings. The minimum atomic E-state index is -0.110. The van der Waals surface area contributed by atoms with E-state index in [-0.39, 0.29) is 5.91 Å². The number of carbonyl (C=O) groups is 1. The Morgan fingerprint density at radius 2 is 2.38 bits per heavy atom. The molecule has 0 saturated heterocycles. The van der Waals surface area contributed by atoms with Crippen molar-refractivity contribution in [2.75, 3.05) is 11.9 Å². The lowest BCUT2D eigenvalue weighted by atomic mass is 10.3. The second-order valence-corrected chi connectivity index (χ2v) is 3.92. The van der Waals surface area contributed by atoms with Gasteiger partial charge in [-0.15, -0.1) is 0 Å². The van der Waals surface area contributed by atoms with E-state index in [1.807, 2.05) is 0 Å². The molecule has 0 atom stereocenters. The lowest BCUT2D eigenvalue weighted by Crippen LogP contribution is -2.24. The molecule has 0 aliphatic heterocycles. The summed E-state index contributed by atoms with van der Waals surface area (Å²) in [6, 6.07) is 1.63. The molecule has 1 N–H and O–H groups in total. The third kappa shape index (κ3) is 3.15. The Hall–Kier alpha value is -0.290. The van der Waals surface area contributed by atoms with Crippen LogP contribution in [0.3, 0.4) is 0 Å². The second kappa shape index (κ2) is 5.44. The number of hydrogen-bond donors (Lipinski definition) is 1. The molecule has 1 rings (SSSR count). The van der Waals surface area contributed by atoms with Gasteiger partial charge < -0.3 is 9.73 Å². The van der Waals surface area contributed by atoms with Crippen molar-refractivity contribution in [1.82, 2.24) is 5.32 Å². The number of nitrogens with one attached hydrogen (secondary N) is 1. The van der Waals surface area contributed by atoms with Crippen LogP contribution < -0.4 is 5.32 Å². The van der Waals surface area contributed by atoms with Gasteiger partial charge in [0.1, 0.15) is 0 Å². The summed E-state index contributed by atoms with van der Waals surface area (Å²) in [5.74, 6) is -0.110. The van der Waals surface area contributed by atoms with Gasteiger partial charge in [-0.2, -0.15) is 0 Å². The van der Waals surface area contributed by atoms with Crippen molar-refractivity contribution in [1.29, 1.82) is 0 Å². The number of alkyl halides is 1. The maximum absolute atomic E-state index is 11.4. The largest absolute Gasteiger partial charge is 0.457 e. The third-order valence-corrected chi connectivity index (χ3v) is 2.63. The predicted octanol–water partition coefficient (Wildman–Crippen LogP) is 2.56. The van der Waals surface area contributed by atoms with Gasteiger partial charge in [-0.3, -0.25) is 4.79 Å². The van der Waals surface area contributed by atoms with E-state index in [9.17, 15) is 4.79 Å². The topological polar surface area (TPSA) is 42.2 Å². The summed E-state index contributed by atoms with van der Waals surface area (Å²) in [4.78, 5) is 11.4. The fourth-order valence-corrected chi connectivity index (χ4v) is 1.52. The van der Waals surface area contributed by atoms with Crippen LogP contribution >= 0.6 is 31.9 Å². The Bertz CT molecular complexity index is 285. The van der Waals surface area contributed by atoms with Gasteiger partial charge in [0.25, 0.3) is 5.91 Å². The first-order chi connectivity index (χ1) is 6.25. The van der Waals surface area contributed by atoms with Crippen LogP contribution in [-0.2, 0) is 0 Å². The van der Waals surface area contributed by atoms with Gasteiger partial charge in [-0.1, -0.05) is 15.9 Å². The first-order valence-corrected chi connectivity index (χ1v) is 5.74. The molecule has 13 heavy (non-hydrogen) atoms. The molecular formula is C8H9Br2NO2. The first-order valence-electron chi connectivity index (χ1n) is 3.83. The summed E-state index contributed by atoms with van der Waals surface area (Å²) in [6.07, 6.45) is 2.39. The molecule has 1 aromatic heterocycles. The highest BCUT2D eigenvalue weighted by molar-refractivity contribution is 9.10. The molecule has 1 amide bonds. The van der Waals surface area contributed by atoms with Crippen LogP contribution in [0.1, 0.15) is 16.8 Å². The summed E-state index contributed by atoms with van der Waals surface area (Å²) in [7, 11) is 0. The normalized spacial score (nSPS) is 10.0. The van der Waals surface area contributed by atoms with Crippen molar-refractivity contribution < 1.29 is 9.21 Å². The Balaban J connectivity index is 2.45. The van der Waals surface area contributed by atoms with Crippen molar-refractivity contribution in [3.63, 3.8) is 0 Å². The van der Waals surface area contributed by atoms with Crippen LogP contribution in [0.15, 0.2) is 21.4 Å². The molecule has 0 aliphatic rings. The molecule has 1 aromatic rings. The minimum Gasteiger partial charge on any atom is -0.457 e. The van der Waals surface area contributed by atoms with Crippen LogP contribution in [0.5, 0.6) is 0 Å². The Kier molecular flexibility index (Phi) is 4.52. The average molecular weight is 311 g/mol. The zero-order chi connectivity index (χ0) is 9.68. The van der Waals surface area contributed by atoms with Gasteiger partial charge in [0.15, 0.2) is 4.67 Å². The summed E-state index contributed by atoms with van der Waals surface area (Å²) < 4.78 is 5.41. The van der Waals surface area contributed by atoms with Gasteiger partial charge >= 0.3 is 0 Å². The monoisotopic (exact) mass is 309 g/mol. The number of rotatable bonds is 4. The maximum atomic E-state index is 11.4. The average Bonchev–Trinajstić information content (AvgIpc) is 2.52. The van der Waals surface area contributed by atoms with Crippen LogP contribution in [0.4, 0.5) is 0 Å². The van der Waals surface area contributed by atoms with E-state index in [4.69, 9.17) is 4.42 Å². The fraction of sp³-hybridized carbons (Fsp3) is 0.375. The molecule has 0 aromatic carbocycles. The quantitative estimate of drug-likeness (QED) is 0.686. The second-order valence-electron chi connectivity index (χ2n) is 2.41. The van der Waals surface area contributed by atoms with E-state index in [0.717, 1.165) is 11.8 Å². The van der Waals surface area contributed by atoms with E-state index in [1.165, 1.54) is 6.26 Å².